The molecule has 1 atom stereocenters. The van der Waals surface area contributed by atoms with Crippen molar-refractivity contribution in [1.29, 1.82) is 0 Å². The van der Waals surface area contributed by atoms with E-state index in [0.717, 1.165) is 12.3 Å². The SMILES string of the molecule is Nc1cc(CC2(C3CC3)CCCN2)ccn1. The van der Waals surface area contributed by atoms with Gasteiger partial charge in [0.25, 0.3) is 0 Å². The molecule has 2 fully saturated rings. The zero-order valence-corrected chi connectivity index (χ0v) is 9.58. The minimum Gasteiger partial charge on any atom is -0.384 e. The standard InChI is InChI=1S/C13H19N3/c14-12-8-10(4-7-15-12)9-13(11-2-3-11)5-1-6-16-13/h4,7-8,11,16H,1-3,5-6,9H2,(H2,14,15). The summed E-state index contributed by atoms with van der Waals surface area (Å²) in [5, 5.41) is 3.74. The number of nitrogens with two attached hydrogens (primary N) is 1. The Morgan fingerprint density at radius 2 is 2.38 bits per heavy atom. The highest BCUT2D eigenvalue weighted by atomic mass is 15.0. The van der Waals surface area contributed by atoms with Gasteiger partial charge in [-0.15, -0.1) is 0 Å². The first-order valence-electron chi connectivity index (χ1n) is 6.24. The molecule has 1 aliphatic carbocycles. The summed E-state index contributed by atoms with van der Waals surface area (Å²) in [4.78, 5) is 4.05. The second kappa shape index (κ2) is 3.74. The van der Waals surface area contributed by atoms with Crippen molar-refractivity contribution >= 4 is 5.82 Å². The van der Waals surface area contributed by atoms with E-state index < -0.39 is 0 Å². The number of nitrogens with zero attached hydrogens (tertiary/aromatic N) is 1. The topological polar surface area (TPSA) is 50.9 Å². The Labute approximate surface area is 96.4 Å². The first-order valence-corrected chi connectivity index (χ1v) is 6.24. The second-order valence-corrected chi connectivity index (χ2v) is 5.23. The summed E-state index contributed by atoms with van der Waals surface area (Å²) < 4.78 is 0. The van der Waals surface area contributed by atoms with Gasteiger partial charge in [-0.1, -0.05) is 0 Å². The summed E-state index contributed by atoms with van der Waals surface area (Å²) in [6.45, 7) is 1.18. The van der Waals surface area contributed by atoms with Crippen molar-refractivity contribution < 1.29 is 0 Å². The van der Waals surface area contributed by atoms with Gasteiger partial charge in [-0.05, 0) is 62.3 Å². The lowest BCUT2D eigenvalue weighted by Gasteiger charge is -2.30. The zero-order valence-electron chi connectivity index (χ0n) is 9.58. The van der Waals surface area contributed by atoms with Gasteiger partial charge < -0.3 is 11.1 Å². The van der Waals surface area contributed by atoms with Gasteiger partial charge in [0.05, 0.1) is 0 Å². The number of aromatic nitrogens is 1. The largest absolute Gasteiger partial charge is 0.384 e. The van der Waals surface area contributed by atoms with Gasteiger partial charge in [-0.2, -0.15) is 0 Å². The number of hydrogen-bond acceptors (Lipinski definition) is 3. The van der Waals surface area contributed by atoms with Gasteiger partial charge in [0.1, 0.15) is 5.82 Å². The average molecular weight is 217 g/mol. The molecule has 1 aromatic rings. The fraction of sp³-hybridized carbons (Fsp3) is 0.615. The molecule has 1 saturated heterocycles. The van der Waals surface area contributed by atoms with Crippen LogP contribution in [0.15, 0.2) is 18.3 Å². The summed E-state index contributed by atoms with van der Waals surface area (Å²) in [6, 6.07) is 4.12. The van der Waals surface area contributed by atoms with E-state index in [9.17, 15) is 0 Å². The molecule has 3 nitrogen and oxygen atoms in total. The van der Waals surface area contributed by atoms with Crippen LogP contribution < -0.4 is 11.1 Å². The fourth-order valence-electron chi connectivity index (χ4n) is 3.08. The highest BCUT2D eigenvalue weighted by Gasteiger charge is 2.46. The molecule has 3 N–H and O–H groups in total. The number of nitrogens with one attached hydrogen (secondary N) is 1. The molecule has 3 rings (SSSR count). The molecule has 0 amide bonds. The molecule has 2 heterocycles. The summed E-state index contributed by atoms with van der Waals surface area (Å²) in [7, 11) is 0. The van der Waals surface area contributed by atoms with Crippen LogP contribution in [0.2, 0.25) is 0 Å². The highest BCUT2D eigenvalue weighted by molar-refractivity contribution is 5.33. The maximum atomic E-state index is 5.74. The van der Waals surface area contributed by atoms with Gasteiger partial charge >= 0.3 is 0 Å². The molecule has 1 aliphatic heterocycles. The van der Waals surface area contributed by atoms with Crippen LogP contribution in [0.4, 0.5) is 5.82 Å². The van der Waals surface area contributed by atoms with Crippen molar-refractivity contribution in [1.82, 2.24) is 10.3 Å². The van der Waals surface area contributed by atoms with Crippen LogP contribution in [-0.2, 0) is 6.42 Å². The Morgan fingerprint density at radius 1 is 1.50 bits per heavy atom. The van der Waals surface area contributed by atoms with Crippen molar-refractivity contribution in [3.63, 3.8) is 0 Å². The van der Waals surface area contributed by atoms with E-state index in [1.54, 1.807) is 0 Å². The van der Waals surface area contributed by atoms with Gasteiger partial charge in [-0.3, -0.25) is 0 Å². The Balaban J connectivity index is 1.81. The van der Waals surface area contributed by atoms with E-state index in [-0.39, 0.29) is 0 Å². The maximum Gasteiger partial charge on any atom is 0.123 e. The molecule has 3 heteroatoms. The monoisotopic (exact) mass is 217 g/mol. The number of anilines is 1. The van der Waals surface area contributed by atoms with Crippen molar-refractivity contribution in [2.45, 2.75) is 37.6 Å². The molecule has 1 unspecified atom stereocenters. The van der Waals surface area contributed by atoms with Crippen LogP contribution in [0.25, 0.3) is 0 Å². The third kappa shape index (κ3) is 1.80. The van der Waals surface area contributed by atoms with Gasteiger partial charge in [0.2, 0.25) is 0 Å². The normalized spacial score (nSPS) is 29.5. The van der Waals surface area contributed by atoms with Gasteiger partial charge in [-0.25, -0.2) is 4.98 Å². The van der Waals surface area contributed by atoms with Crippen LogP contribution in [0.5, 0.6) is 0 Å². The van der Waals surface area contributed by atoms with Crippen LogP contribution in [0, 0.1) is 5.92 Å². The summed E-state index contributed by atoms with van der Waals surface area (Å²) in [5.74, 6) is 1.53. The van der Waals surface area contributed by atoms with Crippen LogP contribution in [-0.4, -0.2) is 17.1 Å². The van der Waals surface area contributed by atoms with Gasteiger partial charge in [0.15, 0.2) is 0 Å². The van der Waals surface area contributed by atoms with Gasteiger partial charge in [0, 0.05) is 11.7 Å². The minimum absolute atomic E-state index is 0.369. The summed E-state index contributed by atoms with van der Waals surface area (Å²) >= 11 is 0. The maximum absolute atomic E-state index is 5.74. The van der Waals surface area contributed by atoms with E-state index in [1.165, 1.54) is 37.8 Å². The predicted octanol–water partition coefficient (Wildman–Crippen LogP) is 1.74. The molecule has 0 aromatic carbocycles. The Hall–Kier alpha value is -1.09. The molecule has 1 saturated carbocycles. The average Bonchev–Trinajstić information content (AvgIpc) is 3.02. The van der Waals surface area contributed by atoms with E-state index >= 15 is 0 Å². The van der Waals surface area contributed by atoms with Crippen LogP contribution in [0.1, 0.15) is 31.2 Å². The molecule has 1 aromatic heterocycles. The second-order valence-electron chi connectivity index (χ2n) is 5.23. The number of hydrogen-bond donors (Lipinski definition) is 2. The molecular formula is C13H19N3. The smallest absolute Gasteiger partial charge is 0.123 e. The third-order valence-electron chi connectivity index (χ3n) is 4.00. The lowest BCUT2D eigenvalue weighted by molar-refractivity contribution is 0.323. The van der Waals surface area contributed by atoms with Crippen LogP contribution >= 0.6 is 0 Å². The Bertz CT molecular complexity index is 379. The molecule has 0 spiro atoms. The Kier molecular flexibility index (Phi) is 2.36. The Morgan fingerprint density at radius 3 is 3.00 bits per heavy atom. The lowest BCUT2D eigenvalue weighted by atomic mass is 9.85. The van der Waals surface area contributed by atoms with Crippen molar-refractivity contribution in [3.8, 4) is 0 Å². The first-order chi connectivity index (χ1) is 7.78. The third-order valence-corrected chi connectivity index (χ3v) is 4.00. The van der Waals surface area contributed by atoms with Crippen molar-refractivity contribution in [2.24, 2.45) is 5.92 Å². The molecule has 2 aliphatic rings. The number of rotatable bonds is 3. The quantitative estimate of drug-likeness (QED) is 0.811. The predicted molar refractivity (Wildman–Crippen MR) is 65.0 cm³/mol. The van der Waals surface area contributed by atoms with E-state index in [2.05, 4.69) is 16.4 Å². The molecule has 0 radical (unpaired) electrons. The highest BCUT2D eigenvalue weighted by Crippen LogP contribution is 2.45. The minimum atomic E-state index is 0.369. The van der Waals surface area contributed by atoms with E-state index in [4.69, 9.17) is 5.73 Å². The number of nitrogen functional groups attached to an aromatic ring is 1. The van der Waals surface area contributed by atoms with Crippen molar-refractivity contribution in [2.75, 3.05) is 12.3 Å². The summed E-state index contributed by atoms with van der Waals surface area (Å²) in [6.07, 6.45) is 8.36. The fourth-order valence-corrected chi connectivity index (χ4v) is 3.08. The molecule has 86 valence electrons. The molecule has 0 bridgehead atoms. The summed E-state index contributed by atoms with van der Waals surface area (Å²) in [5.41, 5.74) is 7.43. The van der Waals surface area contributed by atoms with Crippen LogP contribution in [0.3, 0.4) is 0 Å². The molecule has 16 heavy (non-hydrogen) atoms. The van der Waals surface area contributed by atoms with E-state index in [1.807, 2.05) is 12.3 Å². The lowest BCUT2D eigenvalue weighted by Crippen LogP contribution is -2.44. The number of pyridine rings is 1. The first kappa shape index (κ1) is 10.1. The van der Waals surface area contributed by atoms with E-state index in [0.29, 0.717) is 11.4 Å². The van der Waals surface area contributed by atoms with Crippen molar-refractivity contribution in [3.05, 3.63) is 23.9 Å². The molecular weight excluding hydrogens is 198 g/mol. The zero-order chi connectivity index (χ0) is 11.0.